The van der Waals surface area contributed by atoms with Crippen molar-refractivity contribution in [1.29, 1.82) is 0 Å². The van der Waals surface area contributed by atoms with Gasteiger partial charge >= 0.3 is 5.97 Å². The molecule has 0 bridgehead atoms. The van der Waals surface area contributed by atoms with E-state index >= 15 is 0 Å². The molecule has 0 aliphatic rings. The van der Waals surface area contributed by atoms with Gasteiger partial charge in [0.15, 0.2) is 5.78 Å². The second-order valence-electron chi connectivity index (χ2n) is 4.25. The Kier molecular flexibility index (Phi) is 4.13. The van der Waals surface area contributed by atoms with Crippen molar-refractivity contribution in [1.82, 2.24) is 3.97 Å². The van der Waals surface area contributed by atoms with Crippen molar-refractivity contribution < 1.29 is 28.2 Å². The van der Waals surface area contributed by atoms with E-state index in [1.807, 2.05) is 0 Å². The molecule has 0 fully saturated rings. The first-order valence-corrected chi connectivity index (χ1v) is 7.43. The van der Waals surface area contributed by atoms with Crippen LogP contribution in [0.5, 0.6) is 0 Å². The standard InChI is InChI=1S/C14H11NO6S/c16-12(8-13(17)14(18)19)10-6-7-15(9-10)22(20,21)11-4-2-1-3-5-11/h1-9,17H,(H,18,19). The summed E-state index contributed by atoms with van der Waals surface area (Å²) in [5.74, 6) is -3.59. The van der Waals surface area contributed by atoms with Gasteiger partial charge in [-0.25, -0.2) is 17.2 Å². The number of nitrogens with zero attached hydrogens (tertiary/aromatic N) is 1. The number of aliphatic hydroxyl groups is 1. The number of ketones is 1. The third-order valence-corrected chi connectivity index (χ3v) is 4.41. The first kappa shape index (κ1) is 15.5. The number of aliphatic hydroxyl groups excluding tert-OH is 1. The van der Waals surface area contributed by atoms with Crippen molar-refractivity contribution in [3.8, 4) is 0 Å². The number of carbonyl (C=O) groups is 2. The number of carbonyl (C=O) groups excluding carboxylic acids is 1. The molecule has 1 aromatic heterocycles. The van der Waals surface area contributed by atoms with E-state index in [9.17, 15) is 18.0 Å². The Labute approximate surface area is 125 Å². The van der Waals surface area contributed by atoms with E-state index in [0.717, 1.165) is 10.2 Å². The predicted octanol–water partition coefficient (Wildman–Crippen LogP) is 1.43. The van der Waals surface area contributed by atoms with Gasteiger partial charge in [-0.15, -0.1) is 0 Å². The van der Waals surface area contributed by atoms with Crippen molar-refractivity contribution in [2.45, 2.75) is 4.90 Å². The molecule has 0 amide bonds. The molecule has 22 heavy (non-hydrogen) atoms. The molecular formula is C14H11NO6S. The number of benzene rings is 1. The summed E-state index contributed by atoms with van der Waals surface area (Å²) >= 11 is 0. The van der Waals surface area contributed by atoms with Crippen LogP contribution in [0.4, 0.5) is 0 Å². The summed E-state index contributed by atoms with van der Waals surface area (Å²) < 4.78 is 25.4. The molecule has 0 radical (unpaired) electrons. The normalized spacial score (nSPS) is 12.1. The van der Waals surface area contributed by atoms with Gasteiger partial charge in [0.1, 0.15) is 0 Å². The number of hydrogen-bond donors (Lipinski definition) is 2. The Morgan fingerprint density at radius 1 is 1.05 bits per heavy atom. The molecule has 114 valence electrons. The zero-order valence-electron chi connectivity index (χ0n) is 11.1. The third-order valence-electron chi connectivity index (χ3n) is 2.76. The molecule has 2 N–H and O–H groups in total. The number of carboxylic acid groups (broad SMARTS) is 1. The molecule has 0 saturated heterocycles. The fraction of sp³-hybridized carbons (Fsp3) is 0. The van der Waals surface area contributed by atoms with E-state index in [0.29, 0.717) is 6.08 Å². The first-order valence-electron chi connectivity index (χ1n) is 5.99. The smallest absolute Gasteiger partial charge is 0.371 e. The Morgan fingerprint density at radius 3 is 2.27 bits per heavy atom. The van der Waals surface area contributed by atoms with Crippen molar-refractivity contribution in [2.75, 3.05) is 0 Å². The SMILES string of the molecule is O=C(O)C(O)=CC(=O)c1ccn(S(=O)(=O)c2ccccc2)c1. The summed E-state index contributed by atoms with van der Waals surface area (Å²) in [5, 5.41) is 17.5. The molecule has 2 rings (SSSR count). The molecule has 0 saturated carbocycles. The molecule has 7 nitrogen and oxygen atoms in total. The summed E-state index contributed by atoms with van der Waals surface area (Å²) in [4.78, 5) is 22.2. The number of rotatable bonds is 5. The lowest BCUT2D eigenvalue weighted by Gasteiger charge is -2.04. The van der Waals surface area contributed by atoms with Crippen LogP contribution in [0.15, 0.2) is 65.5 Å². The van der Waals surface area contributed by atoms with E-state index < -0.39 is 27.5 Å². The lowest BCUT2D eigenvalue weighted by molar-refractivity contribution is -0.135. The summed E-state index contributed by atoms with van der Waals surface area (Å²) in [6.07, 6.45) is 2.73. The first-order chi connectivity index (χ1) is 10.3. The Morgan fingerprint density at radius 2 is 1.68 bits per heavy atom. The van der Waals surface area contributed by atoms with Crippen LogP contribution in [0, 0.1) is 0 Å². The van der Waals surface area contributed by atoms with Crippen molar-refractivity contribution >= 4 is 21.8 Å². The van der Waals surface area contributed by atoms with Crippen LogP contribution in [-0.2, 0) is 14.8 Å². The van der Waals surface area contributed by atoms with E-state index in [2.05, 4.69) is 0 Å². The summed E-state index contributed by atoms with van der Waals surface area (Å²) in [5.41, 5.74) is -0.0627. The van der Waals surface area contributed by atoms with Gasteiger partial charge in [-0.2, -0.15) is 0 Å². The number of allylic oxidation sites excluding steroid dienone is 1. The molecule has 0 atom stereocenters. The summed E-state index contributed by atoms with van der Waals surface area (Å²) in [7, 11) is -3.83. The van der Waals surface area contributed by atoms with Gasteiger partial charge in [-0.05, 0) is 18.2 Å². The Hall–Kier alpha value is -2.87. The van der Waals surface area contributed by atoms with Crippen molar-refractivity contribution in [3.63, 3.8) is 0 Å². The number of aliphatic carboxylic acids is 1. The zero-order chi connectivity index (χ0) is 16.3. The number of aromatic nitrogens is 1. The van der Waals surface area contributed by atoms with Crippen LogP contribution in [0.2, 0.25) is 0 Å². The minimum Gasteiger partial charge on any atom is -0.502 e. The van der Waals surface area contributed by atoms with Crippen LogP contribution >= 0.6 is 0 Å². The monoisotopic (exact) mass is 321 g/mol. The Bertz CT molecular complexity index is 848. The summed E-state index contributed by atoms with van der Waals surface area (Å²) in [6.45, 7) is 0. The van der Waals surface area contributed by atoms with E-state index in [-0.39, 0.29) is 10.5 Å². The molecule has 1 heterocycles. The maximum Gasteiger partial charge on any atom is 0.371 e. The van der Waals surface area contributed by atoms with Gasteiger partial charge in [0, 0.05) is 24.0 Å². The van der Waals surface area contributed by atoms with Crippen LogP contribution in [-0.4, -0.2) is 34.4 Å². The molecule has 8 heteroatoms. The lowest BCUT2D eigenvalue weighted by atomic mass is 10.2. The van der Waals surface area contributed by atoms with Gasteiger partial charge in [-0.1, -0.05) is 18.2 Å². The molecule has 0 spiro atoms. The molecule has 1 aromatic carbocycles. The van der Waals surface area contributed by atoms with Gasteiger partial charge in [0.05, 0.1) is 4.90 Å². The maximum absolute atomic E-state index is 12.3. The van der Waals surface area contributed by atoms with Crippen molar-refractivity contribution in [2.24, 2.45) is 0 Å². The minimum atomic E-state index is -3.83. The van der Waals surface area contributed by atoms with Crippen LogP contribution in [0.25, 0.3) is 0 Å². The highest BCUT2D eigenvalue weighted by atomic mass is 32.2. The fourth-order valence-corrected chi connectivity index (χ4v) is 2.87. The number of carboxylic acids is 1. The Balaban J connectivity index is 2.35. The highest BCUT2D eigenvalue weighted by molar-refractivity contribution is 7.90. The highest BCUT2D eigenvalue weighted by Gasteiger charge is 2.18. The van der Waals surface area contributed by atoms with Gasteiger partial charge in [0.25, 0.3) is 10.0 Å². The van der Waals surface area contributed by atoms with E-state index in [1.54, 1.807) is 18.2 Å². The zero-order valence-corrected chi connectivity index (χ0v) is 11.9. The topological polar surface area (TPSA) is 114 Å². The largest absolute Gasteiger partial charge is 0.502 e. The van der Waals surface area contributed by atoms with Crippen LogP contribution < -0.4 is 0 Å². The van der Waals surface area contributed by atoms with E-state index in [4.69, 9.17) is 10.2 Å². The average Bonchev–Trinajstić information content (AvgIpc) is 2.98. The van der Waals surface area contributed by atoms with Gasteiger partial charge < -0.3 is 10.2 Å². The number of hydrogen-bond acceptors (Lipinski definition) is 5. The van der Waals surface area contributed by atoms with Gasteiger partial charge in [0.2, 0.25) is 5.76 Å². The summed E-state index contributed by atoms with van der Waals surface area (Å²) in [6, 6.07) is 8.84. The van der Waals surface area contributed by atoms with Gasteiger partial charge in [-0.3, -0.25) is 4.79 Å². The molecule has 2 aromatic rings. The molecule has 0 aliphatic heterocycles. The molecule has 0 aliphatic carbocycles. The molecular weight excluding hydrogens is 310 g/mol. The van der Waals surface area contributed by atoms with Crippen molar-refractivity contribution in [3.05, 3.63) is 66.2 Å². The van der Waals surface area contributed by atoms with Crippen LogP contribution in [0.3, 0.4) is 0 Å². The predicted molar refractivity (Wildman–Crippen MR) is 76.1 cm³/mol. The second kappa shape index (κ2) is 5.86. The maximum atomic E-state index is 12.3. The lowest BCUT2D eigenvalue weighted by Crippen LogP contribution is -2.11. The fourth-order valence-electron chi connectivity index (χ4n) is 1.66. The quantitative estimate of drug-likeness (QED) is 0.489. The molecule has 0 unspecified atom stereocenters. The second-order valence-corrected chi connectivity index (χ2v) is 6.09. The van der Waals surface area contributed by atoms with E-state index in [1.165, 1.54) is 24.4 Å². The third kappa shape index (κ3) is 3.07. The van der Waals surface area contributed by atoms with Crippen LogP contribution in [0.1, 0.15) is 10.4 Å². The highest BCUT2D eigenvalue weighted by Crippen LogP contribution is 2.15. The average molecular weight is 321 g/mol. The minimum absolute atomic E-state index is 0.0496.